The molecule has 0 heterocycles. The van der Waals surface area contributed by atoms with Gasteiger partial charge in [-0.15, -0.1) is 0 Å². The molecule has 0 amide bonds. The van der Waals surface area contributed by atoms with Crippen molar-refractivity contribution in [2.24, 2.45) is 0 Å². The Hall–Kier alpha value is -2.08. The molecule has 3 aromatic rings. The molecule has 0 aromatic heterocycles. The van der Waals surface area contributed by atoms with Crippen LogP contribution >= 0.6 is 15.9 Å². The van der Waals surface area contributed by atoms with Crippen LogP contribution in [0.15, 0.2) is 71.2 Å². The second kappa shape index (κ2) is 16.7. The summed E-state index contributed by atoms with van der Waals surface area (Å²) < 4.78 is 13.6. The van der Waals surface area contributed by atoms with Gasteiger partial charge in [-0.3, -0.25) is 0 Å². The summed E-state index contributed by atoms with van der Waals surface area (Å²) >= 11 is 3.73. The average molecular weight is 653 g/mol. The largest absolute Gasteiger partial charge is 0.492 e. The molecule has 0 saturated carbocycles. The van der Waals surface area contributed by atoms with E-state index in [4.69, 9.17) is 9.16 Å². The number of hydrogen-bond acceptors (Lipinski definition) is 3. The minimum absolute atomic E-state index is 0.259. The molecule has 42 heavy (non-hydrogen) atoms. The van der Waals surface area contributed by atoms with Gasteiger partial charge in [-0.2, -0.15) is 0 Å². The fraction of sp³-hybridized carbons (Fsp3) is 0.514. The zero-order valence-electron chi connectivity index (χ0n) is 27.3. The standard InChI is InChI=1S/C37H54BrNO2Si/c1-8-10-15-30-17-21-32(22-18-30)39(33-23-19-31(20-24-33)16-11-9-2)34-25-26-35(38)36(29-34)40-27-13-12-14-28-41-42(6,7)37(3,4)5/h17-26,29H,8-16,27-28H2,1-7H3. The second-order valence-electron chi connectivity index (χ2n) is 13.0. The van der Waals surface area contributed by atoms with Crippen LogP contribution in [0.5, 0.6) is 5.75 Å². The van der Waals surface area contributed by atoms with E-state index in [1.807, 2.05) is 0 Å². The number of halogens is 1. The van der Waals surface area contributed by atoms with Crippen molar-refractivity contribution >= 4 is 41.3 Å². The van der Waals surface area contributed by atoms with E-state index in [0.29, 0.717) is 6.61 Å². The molecule has 5 heteroatoms. The van der Waals surface area contributed by atoms with Crippen molar-refractivity contribution in [3.05, 3.63) is 82.3 Å². The first kappa shape index (κ1) is 34.4. The second-order valence-corrected chi connectivity index (χ2v) is 18.7. The number of hydrogen-bond donors (Lipinski definition) is 0. The quantitative estimate of drug-likeness (QED) is 0.107. The molecule has 0 radical (unpaired) electrons. The van der Waals surface area contributed by atoms with E-state index < -0.39 is 8.32 Å². The van der Waals surface area contributed by atoms with Crippen LogP contribution in [0.25, 0.3) is 0 Å². The predicted octanol–water partition coefficient (Wildman–Crippen LogP) is 12.2. The van der Waals surface area contributed by atoms with Gasteiger partial charge in [0.25, 0.3) is 0 Å². The Morgan fingerprint density at radius 1 is 0.667 bits per heavy atom. The highest BCUT2D eigenvalue weighted by Gasteiger charge is 2.36. The van der Waals surface area contributed by atoms with Gasteiger partial charge in [0.05, 0.1) is 11.1 Å². The molecule has 0 spiro atoms. The van der Waals surface area contributed by atoms with Crippen LogP contribution in [0.4, 0.5) is 17.1 Å². The predicted molar refractivity (Wildman–Crippen MR) is 189 cm³/mol. The van der Waals surface area contributed by atoms with Crippen LogP contribution in [0.2, 0.25) is 18.1 Å². The lowest BCUT2D eigenvalue weighted by molar-refractivity contribution is 0.263. The maximum Gasteiger partial charge on any atom is 0.191 e. The Morgan fingerprint density at radius 3 is 1.67 bits per heavy atom. The van der Waals surface area contributed by atoms with Crippen LogP contribution in [0.1, 0.15) is 90.7 Å². The Kier molecular flexibility index (Phi) is 13.7. The number of anilines is 3. The van der Waals surface area contributed by atoms with E-state index in [0.717, 1.165) is 66.0 Å². The Bertz CT molecular complexity index is 1150. The van der Waals surface area contributed by atoms with E-state index in [9.17, 15) is 0 Å². The molecule has 0 N–H and O–H groups in total. The molecule has 0 atom stereocenters. The highest BCUT2D eigenvalue weighted by Crippen LogP contribution is 2.39. The van der Waals surface area contributed by atoms with Crippen LogP contribution in [0, 0.1) is 0 Å². The minimum atomic E-state index is -1.67. The van der Waals surface area contributed by atoms with Crippen molar-refractivity contribution < 1.29 is 9.16 Å². The number of ether oxygens (including phenoxy) is 1. The van der Waals surface area contributed by atoms with Gasteiger partial charge in [-0.25, -0.2) is 0 Å². The molecule has 0 aliphatic rings. The monoisotopic (exact) mass is 651 g/mol. The number of unbranched alkanes of at least 4 members (excludes halogenated alkanes) is 4. The van der Waals surface area contributed by atoms with Crippen molar-refractivity contribution in [3.8, 4) is 5.75 Å². The molecule has 3 aromatic carbocycles. The van der Waals surface area contributed by atoms with Gasteiger partial charge in [0.2, 0.25) is 0 Å². The average Bonchev–Trinajstić information content (AvgIpc) is 2.96. The fourth-order valence-corrected chi connectivity index (χ4v) is 6.13. The molecule has 0 bridgehead atoms. The first-order valence-corrected chi connectivity index (χ1v) is 19.8. The molecule has 0 unspecified atom stereocenters. The maximum absolute atomic E-state index is 6.34. The topological polar surface area (TPSA) is 21.7 Å². The summed E-state index contributed by atoms with van der Waals surface area (Å²) in [5, 5.41) is 0.259. The van der Waals surface area contributed by atoms with Crippen molar-refractivity contribution in [1.82, 2.24) is 0 Å². The first-order valence-electron chi connectivity index (χ1n) is 16.1. The van der Waals surface area contributed by atoms with Crippen molar-refractivity contribution in [2.75, 3.05) is 18.1 Å². The molecule has 3 nitrogen and oxygen atoms in total. The van der Waals surface area contributed by atoms with Crippen molar-refractivity contribution in [1.29, 1.82) is 0 Å². The van der Waals surface area contributed by atoms with Gasteiger partial charge in [-0.05, 0) is 127 Å². The maximum atomic E-state index is 6.34. The lowest BCUT2D eigenvalue weighted by atomic mass is 10.1. The highest BCUT2D eigenvalue weighted by molar-refractivity contribution is 9.10. The van der Waals surface area contributed by atoms with Crippen molar-refractivity contribution in [2.45, 2.75) is 111 Å². The van der Waals surface area contributed by atoms with E-state index in [1.54, 1.807) is 0 Å². The van der Waals surface area contributed by atoms with Gasteiger partial charge >= 0.3 is 0 Å². The fourth-order valence-electron chi connectivity index (χ4n) is 4.68. The summed E-state index contributed by atoms with van der Waals surface area (Å²) in [6, 6.07) is 24.6. The molecule has 0 aliphatic carbocycles. The highest BCUT2D eigenvalue weighted by atomic mass is 79.9. The molecule has 0 saturated heterocycles. The van der Waals surface area contributed by atoms with Gasteiger partial charge < -0.3 is 14.1 Å². The van der Waals surface area contributed by atoms with E-state index in [-0.39, 0.29) is 5.04 Å². The summed E-state index contributed by atoms with van der Waals surface area (Å²) in [5.74, 6) is 0.883. The van der Waals surface area contributed by atoms with E-state index >= 15 is 0 Å². The smallest absolute Gasteiger partial charge is 0.191 e. The molecule has 0 fully saturated rings. The molecule has 230 valence electrons. The summed E-state index contributed by atoms with van der Waals surface area (Å²) in [6.45, 7) is 17.6. The first-order chi connectivity index (χ1) is 20.1. The molecular formula is C37H54BrNO2Si. The number of rotatable bonds is 17. The zero-order chi connectivity index (χ0) is 30.6. The third-order valence-electron chi connectivity index (χ3n) is 8.52. The number of benzene rings is 3. The van der Waals surface area contributed by atoms with E-state index in [1.165, 1.54) is 36.8 Å². The molecule has 0 aliphatic heterocycles. The summed E-state index contributed by atoms with van der Waals surface area (Å²) in [7, 11) is -1.67. The van der Waals surface area contributed by atoms with Gasteiger partial charge in [0, 0.05) is 29.7 Å². The third kappa shape index (κ3) is 10.3. The Labute approximate surface area is 266 Å². The van der Waals surface area contributed by atoms with Crippen LogP contribution < -0.4 is 9.64 Å². The lowest BCUT2D eigenvalue weighted by Gasteiger charge is -2.36. The van der Waals surface area contributed by atoms with Crippen LogP contribution in [0.3, 0.4) is 0 Å². The SMILES string of the molecule is CCCCc1ccc(N(c2ccc(CCCC)cc2)c2ccc(Br)c(OCCCCCO[Si](C)(C)C(C)(C)C)c2)cc1. The van der Waals surface area contributed by atoms with Gasteiger partial charge in [0.1, 0.15) is 5.75 Å². The Morgan fingerprint density at radius 2 is 1.17 bits per heavy atom. The van der Waals surface area contributed by atoms with Crippen LogP contribution in [-0.2, 0) is 17.3 Å². The van der Waals surface area contributed by atoms with Gasteiger partial charge in [0.15, 0.2) is 8.32 Å². The number of nitrogens with zero attached hydrogens (tertiary/aromatic N) is 1. The zero-order valence-corrected chi connectivity index (χ0v) is 29.9. The number of aryl methyl sites for hydroxylation is 2. The van der Waals surface area contributed by atoms with Crippen molar-refractivity contribution in [3.63, 3.8) is 0 Å². The van der Waals surface area contributed by atoms with E-state index in [2.05, 4.69) is 135 Å². The minimum Gasteiger partial charge on any atom is -0.492 e. The summed E-state index contributed by atoms with van der Waals surface area (Å²) in [6.07, 6.45) is 10.3. The van der Waals surface area contributed by atoms with Crippen LogP contribution in [-0.4, -0.2) is 21.5 Å². The Balaban J connectivity index is 1.72. The molecular weight excluding hydrogens is 598 g/mol. The third-order valence-corrected chi connectivity index (χ3v) is 13.7. The van der Waals surface area contributed by atoms with Gasteiger partial charge in [-0.1, -0.05) is 71.7 Å². The normalized spacial score (nSPS) is 12.0. The lowest BCUT2D eigenvalue weighted by Crippen LogP contribution is -2.40. The summed E-state index contributed by atoms with van der Waals surface area (Å²) in [4.78, 5) is 2.34. The summed E-state index contributed by atoms with van der Waals surface area (Å²) in [5.41, 5.74) is 6.20. The molecule has 3 rings (SSSR count).